The van der Waals surface area contributed by atoms with Crippen molar-refractivity contribution in [3.8, 4) is 0 Å². The topological polar surface area (TPSA) is 33.2 Å². The molecule has 4 heteroatoms. The van der Waals surface area contributed by atoms with Crippen LogP contribution in [0.25, 0.3) is 0 Å². The summed E-state index contributed by atoms with van der Waals surface area (Å²) in [7, 11) is 0. The number of aromatic nitrogens is 1. The lowest BCUT2D eigenvalue weighted by molar-refractivity contribution is 0.112. The Bertz CT molecular complexity index is 550. The second kappa shape index (κ2) is 5.00. The van der Waals surface area contributed by atoms with Crippen LogP contribution in [0.2, 0.25) is 0 Å². The molecule has 0 aliphatic carbocycles. The van der Waals surface area contributed by atoms with Crippen LogP contribution in [0.1, 0.15) is 25.7 Å². The van der Waals surface area contributed by atoms with Crippen LogP contribution in [0.4, 0.5) is 0 Å². The zero-order chi connectivity index (χ0) is 12.4. The lowest BCUT2D eigenvalue weighted by atomic mass is 10.1. The molecule has 3 heterocycles. The van der Waals surface area contributed by atoms with Crippen LogP contribution in [-0.2, 0) is 19.5 Å². The monoisotopic (exact) mass is 258 g/mol. The number of aldehydes is 1. The average molecular weight is 258 g/mol. The fourth-order valence-corrected chi connectivity index (χ4v) is 3.34. The van der Waals surface area contributed by atoms with E-state index in [-0.39, 0.29) is 0 Å². The minimum absolute atomic E-state index is 0.850. The van der Waals surface area contributed by atoms with Crippen LogP contribution in [0.5, 0.6) is 0 Å². The van der Waals surface area contributed by atoms with E-state index in [1.165, 1.54) is 16.0 Å². The number of nitrogens with zero attached hydrogens (tertiary/aromatic N) is 2. The summed E-state index contributed by atoms with van der Waals surface area (Å²) >= 11 is 1.64. The fraction of sp³-hybridized carbons (Fsp3) is 0.286. The Labute approximate surface area is 110 Å². The first-order valence-electron chi connectivity index (χ1n) is 6.03. The maximum absolute atomic E-state index is 10.8. The zero-order valence-electron chi connectivity index (χ0n) is 10.0. The van der Waals surface area contributed by atoms with Gasteiger partial charge in [-0.25, -0.2) is 0 Å². The molecule has 0 N–H and O–H groups in total. The highest BCUT2D eigenvalue weighted by Gasteiger charge is 2.19. The first-order chi connectivity index (χ1) is 8.85. The zero-order valence-corrected chi connectivity index (χ0v) is 10.8. The number of fused-ring (bicyclic) bond motifs is 1. The van der Waals surface area contributed by atoms with E-state index in [1.807, 2.05) is 18.3 Å². The number of thiophene rings is 1. The predicted molar refractivity (Wildman–Crippen MR) is 71.8 cm³/mol. The summed E-state index contributed by atoms with van der Waals surface area (Å²) in [6, 6.07) is 6.11. The van der Waals surface area contributed by atoms with Gasteiger partial charge in [-0.3, -0.25) is 14.7 Å². The molecule has 3 rings (SSSR count). The molecule has 0 aromatic carbocycles. The van der Waals surface area contributed by atoms with Gasteiger partial charge in [-0.05, 0) is 29.7 Å². The highest BCUT2D eigenvalue weighted by Crippen LogP contribution is 2.27. The minimum Gasteiger partial charge on any atom is -0.297 e. The molecule has 1 aliphatic rings. The molecule has 0 unspecified atom stereocenters. The Hall–Kier alpha value is -1.52. The fourth-order valence-electron chi connectivity index (χ4n) is 2.36. The van der Waals surface area contributed by atoms with Gasteiger partial charge in [0.15, 0.2) is 6.29 Å². The van der Waals surface area contributed by atoms with Crippen molar-refractivity contribution in [3.05, 3.63) is 51.5 Å². The lowest BCUT2D eigenvalue weighted by Gasteiger charge is -2.26. The quantitative estimate of drug-likeness (QED) is 0.793. The smallest absolute Gasteiger partial charge is 0.160 e. The van der Waals surface area contributed by atoms with Gasteiger partial charge in [0.25, 0.3) is 0 Å². The van der Waals surface area contributed by atoms with E-state index in [1.54, 1.807) is 17.5 Å². The van der Waals surface area contributed by atoms with Crippen LogP contribution in [0.3, 0.4) is 0 Å². The molecule has 3 nitrogen and oxygen atoms in total. The largest absolute Gasteiger partial charge is 0.297 e. The molecule has 0 spiro atoms. The van der Waals surface area contributed by atoms with E-state index < -0.39 is 0 Å². The molecule has 0 bridgehead atoms. The second-order valence-electron chi connectivity index (χ2n) is 4.54. The van der Waals surface area contributed by atoms with Gasteiger partial charge in [0.1, 0.15) is 0 Å². The molecule has 0 saturated carbocycles. The molecule has 2 aromatic heterocycles. The van der Waals surface area contributed by atoms with E-state index in [0.717, 1.165) is 37.2 Å². The van der Waals surface area contributed by atoms with Crippen molar-refractivity contribution in [2.45, 2.75) is 19.5 Å². The standard InChI is InChI=1S/C14H14N2OS/c17-10-13-6-12-9-16(5-3-14(12)18-13)8-11-2-1-4-15-7-11/h1-2,4,6-7,10H,3,5,8-9H2. The molecule has 0 radical (unpaired) electrons. The summed E-state index contributed by atoms with van der Waals surface area (Å²) in [6.07, 6.45) is 5.72. The minimum atomic E-state index is 0.850. The predicted octanol–water partition coefficient (Wildman–Crippen LogP) is 2.51. The van der Waals surface area contributed by atoms with Gasteiger partial charge in [0.2, 0.25) is 0 Å². The molecule has 0 fully saturated rings. The summed E-state index contributed by atoms with van der Waals surface area (Å²) in [5.41, 5.74) is 2.56. The van der Waals surface area contributed by atoms with Crippen LogP contribution < -0.4 is 0 Å². The van der Waals surface area contributed by atoms with Crippen LogP contribution >= 0.6 is 11.3 Å². The second-order valence-corrected chi connectivity index (χ2v) is 5.71. The van der Waals surface area contributed by atoms with Crippen molar-refractivity contribution in [2.24, 2.45) is 0 Å². The normalized spacial score (nSPS) is 15.3. The summed E-state index contributed by atoms with van der Waals surface area (Å²) in [4.78, 5) is 19.6. The number of hydrogen-bond donors (Lipinski definition) is 0. The average Bonchev–Trinajstić information content (AvgIpc) is 2.82. The van der Waals surface area contributed by atoms with Crippen molar-refractivity contribution in [1.29, 1.82) is 0 Å². The summed E-state index contributed by atoms with van der Waals surface area (Å²) in [6.45, 7) is 2.93. The van der Waals surface area contributed by atoms with Crippen molar-refractivity contribution in [2.75, 3.05) is 6.54 Å². The van der Waals surface area contributed by atoms with Gasteiger partial charge < -0.3 is 0 Å². The number of carbonyl (C=O) groups is 1. The first kappa shape index (κ1) is 11.6. The third-order valence-corrected chi connectivity index (χ3v) is 4.37. The maximum Gasteiger partial charge on any atom is 0.160 e. The first-order valence-corrected chi connectivity index (χ1v) is 6.85. The Morgan fingerprint density at radius 1 is 1.50 bits per heavy atom. The molecular weight excluding hydrogens is 244 g/mol. The van der Waals surface area contributed by atoms with Gasteiger partial charge in [-0.15, -0.1) is 11.3 Å². The third kappa shape index (κ3) is 2.35. The lowest BCUT2D eigenvalue weighted by Crippen LogP contribution is -2.29. The van der Waals surface area contributed by atoms with Gasteiger partial charge in [-0.2, -0.15) is 0 Å². The van der Waals surface area contributed by atoms with Gasteiger partial charge in [0.05, 0.1) is 4.88 Å². The SMILES string of the molecule is O=Cc1cc2c(s1)CCN(Cc1cccnc1)C2. The van der Waals surface area contributed by atoms with Crippen LogP contribution in [-0.4, -0.2) is 22.7 Å². The van der Waals surface area contributed by atoms with Crippen molar-refractivity contribution in [3.63, 3.8) is 0 Å². The number of rotatable bonds is 3. The van der Waals surface area contributed by atoms with E-state index in [9.17, 15) is 4.79 Å². The Balaban J connectivity index is 1.73. The van der Waals surface area contributed by atoms with Crippen molar-refractivity contribution < 1.29 is 4.79 Å². The number of hydrogen-bond acceptors (Lipinski definition) is 4. The Morgan fingerprint density at radius 2 is 2.44 bits per heavy atom. The molecule has 92 valence electrons. The molecule has 18 heavy (non-hydrogen) atoms. The van der Waals surface area contributed by atoms with Crippen molar-refractivity contribution >= 4 is 17.6 Å². The summed E-state index contributed by atoms with van der Waals surface area (Å²) in [5, 5.41) is 0. The van der Waals surface area contributed by atoms with Gasteiger partial charge >= 0.3 is 0 Å². The molecule has 1 aliphatic heterocycles. The molecule has 0 atom stereocenters. The van der Waals surface area contributed by atoms with Crippen LogP contribution in [0.15, 0.2) is 30.6 Å². The Morgan fingerprint density at radius 3 is 3.22 bits per heavy atom. The molecule has 2 aromatic rings. The maximum atomic E-state index is 10.8. The van der Waals surface area contributed by atoms with Gasteiger partial charge in [0, 0.05) is 36.9 Å². The summed E-state index contributed by atoms with van der Waals surface area (Å²) in [5.74, 6) is 0. The van der Waals surface area contributed by atoms with Crippen LogP contribution in [0, 0.1) is 0 Å². The van der Waals surface area contributed by atoms with E-state index in [0.29, 0.717) is 0 Å². The summed E-state index contributed by atoms with van der Waals surface area (Å²) < 4.78 is 0. The van der Waals surface area contributed by atoms with Crippen molar-refractivity contribution in [1.82, 2.24) is 9.88 Å². The van der Waals surface area contributed by atoms with E-state index in [4.69, 9.17) is 0 Å². The van der Waals surface area contributed by atoms with E-state index in [2.05, 4.69) is 16.0 Å². The number of pyridine rings is 1. The third-order valence-electron chi connectivity index (χ3n) is 3.21. The van der Waals surface area contributed by atoms with Gasteiger partial charge in [-0.1, -0.05) is 6.07 Å². The highest BCUT2D eigenvalue weighted by molar-refractivity contribution is 7.13. The number of carbonyl (C=O) groups excluding carboxylic acids is 1. The molecule has 0 saturated heterocycles. The Kier molecular flexibility index (Phi) is 3.21. The molecule has 0 amide bonds. The van der Waals surface area contributed by atoms with E-state index >= 15 is 0 Å². The highest BCUT2D eigenvalue weighted by atomic mass is 32.1. The molecular formula is C14H14N2OS.